The number of likely N-dealkylation sites (tertiary alicyclic amines) is 1. The number of rotatable bonds is 2. The molecule has 0 radical (unpaired) electrons. The van der Waals surface area contributed by atoms with Crippen molar-refractivity contribution < 1.29 is 17.6 Å². The Morgan fingerprint density at radius 1 is 1.41 bits per heavy atom. The molecule has 0 bridgehead atoms. The fraction of sp³-hybridized carbons (Fsp3) is 0.417. The molecule has 1 amide bonds. The predicted octanol–water partition coefficient (Wildman–Crippen LogP) is 1.22. The third-order valence-electron chi connectivity index (χ3n) is 3.29. The summed E-state index contributed by atoms with van der Waals surface area (Å²) in [6, 6.07) is 1.63. The highest BCUT2D eigenvalue weighted by Crippen LogP contribution is 2.28. The first kappa shape index (κ1) is 19.3. The zero-order chi connectivity index (χ0) is 15.8. The Balaban J connectivity index is 0.00000242. The van der Waals surface area contributed by atoms with Crippen molar-refractivity contribution in [2.45, 2.75) is 23.8 Å². The molecule has 10 heteroatoms. The molecule has 0 aromatic heterocycles. The second kappa shape index (κ2) is 7.22. The molecule has 1 aromatic rings. The van der Waals surface area contributed by atoms with Crippen LogP contribution in [0.2, 0.25) is 0 Å². The first-order valence-corrected chi connectivity index (χ1v) is 8.61. The summed E-state index contributed by atoms with van der Waals surface area (Å²) in [7, 11) is -4.14. The van der Waals surface area contributed by atoms with Gasteiger partial charge in [0.05, 0.1) is 14.9 Å². The molecule has 0 saturated carbocycles. The third kappa shape index (κ3) is 4.17. The topological polar surface area (TPSA) is 106 Å². The van der Waals surface area contributed by atoms with Crippen molar-refractivity contribution in [3.05, 3.63) is 28.0 Å². The fourth-order valence-corrected chi connectivity index (χ4v) is 4.00. The summed E-state index contributed by atoms with van der Waals surface area (Å²) >= 11 is 3.03. The lowest BCUT2D eigenvalue weighted by atomic mass is 10.1. The van der Waals surface area contributed by atoms with Gasteiger partial charge >= 0.3 is 0 Å². The lowest BCUT2D eigenvalue weighted by molar-refractivity contribution is 0.0707. The van der Waals surface area contributed by atoms with Gasteiger partial charge in [-0.15, -0.1) is 12.4 Å². The van der Waals surface area contributed by atoms with Crippen LogP contribution in [-0.4, -0.2) is 38.4 Å². The van der Waals surface area contributed by atoms with Crippen molar-refractivity contribution in [1.29, 1.82) is 0 Å². The summed E-state index contributed by atoms with van der Waals surface area (Å²) in [4.78, 5) is 13.5. The summed E-state index contributed by atoms with van der Waals surface area (Å²) < 4.78 is 36.5. The van der Waals surface area contributed by atoms with Gasteiger partial charge in [-0.3, -0.25) is 4.79 Å². The first-order valence-electron chi connectivity index (χ1n) is 6.27. The zero-order valence-electron chi connectivity index (χ0n) is 11.5. The van der Waals surface area contributed by atoms with Crippen LogP contribution in [0.5, 0.6) is 0 Å². The number of sulfonamides is 1. The standard InChI is InChI=1S/C12H15BrFN3O3S.ClH/c13-11-9(4-7(14)5-10(11)21(16,19)20)12(18)17-3-1-2-8(15)6-17;/h4-5,8H,1-3,6,15H2,(H2,16,19,20);1H. The maximum atomic E-state index is 13.6. The zero-order valence-corrected chi connectivity index (χ0v) is 14.7. The van der Waals surface area contributed by atoms with E-state index < -0.39 is 26.6 Å². The Morgan fingerprint density at radius 3 is 2.59 bits per heavy atom. The van der Waals surface area contributed by atoms with Gasteiger partial charge in [0.2, 0.25) is 10.0 Å². The molecule has 1 atom stereocenters. The molecule has 1 heterocycles. The minimum absolute atomic E-state index is 0. The van der Waals surface area contributed by atoms with Crippen LogP contribution in [-0.2, 0) is 10.0 Å². The van der Waals surface area contributed by atoms with E-state index in [4.69, 9.17) is 10.9 Å². The largest absolute Gasteiger partial charge is 0.337 e. The van der Waals surface area contributed by atoms with E-state index in [1.54, 1.807) is 0 Å². The molecule has 0 aliphatic carbocycles. The molecule has 0 spiro atoms. The number of carbonyl (C=O) groups excluding carboxylic acids is 1. The van der Waals surface area contributed by atoms with E-state index in [9.17, 15) is 17.6 Å². The number of amides is 1. The molecule has 1 saturated heterocycles. The Labute approximate surface area is 142 Å². The van der Waals surface area contributed by atoms with E-state index in [1.807, 2.05) is 0 Å². The highest BCUT2D eigenvalue weighted by atomic mass is 79.9. The SMILES string of the molecule is Cl.NC1CCCN(C(=O)c2cc(F)cc(S(N)(=O)=O)c2Br)C1. The summed E-state index contributed by atoms with van der Waals surface area (Å²) in [5.74, 6) is -1.31. The number of primary sulfonamides is 1. The predicted molar refractivity (Wildman–Crippen MR) is 85.8 cm³/mol. The van der Waals surface area contributed by atoms with Gasteiger partial charge in [0, 0.05) is 19.1 Å². The van der Waals surface area contributed by atoms with Crippen LogP contribution in [0.15, 0.2) is 21.5 Å². The second-order valence-corrected chi connectivity index (χ2v) is 7.29. The average molecular weight is 417 g/mol. The maximum absolute atomic E-state index is 13.6. The van der Waals surface area contributed by atoms with E-state index in [2.05, 4.69) is 15.9 Å². The summed E-state index contributed by atoms with van der Waals surface area (Å²) in [6.45, 7) is 0.854. The van der Waals surface area contributed by atoms with Gasteiger partial charge in [-0.25, -0.2) is 17.9 Å². The van der Waals surface area contributed by atoms with Crippen LogP contribution in [0, 0.1) is 5.82 Å². The quantitative estimate of drug-likeness (QED) is 0.756. The van der Waals surface area contributed by atoms with Gasteiger partial charge in [0.25, 0.3) is 5.91 Å². The van der Waals surface area contributed by atoms with Crippen molar-refractivity contribution in [2.24, 2.45) is 10.9 Å². The third-order valence-corrected chi connectivity index (χ3v) is 5.34. The van der Waals surface area contributed by atoms with Crippen molar-refractivity contribution in [3.8, 4) is 0 Å². The van der Waals surface area contributed by atoms with Gasteiger partial charge in [-0.1, -0.05) is 0 Å². The lowest BCUT2D eigenvalue weighted by Crippen LogP contribution is -2.45. The van der Waals surface area contributed by atoms with Crippen LogP contribution < -0.4 is 10.9 Å². The normalized spacial score (nSPS) is 18.7. The van der Waals surface area contributed by atoms with Crippen molar-refractivity contribution in [3.63, 3.8) is 0 Å². The lowest BCUT2D eigenvalue weighted by Gasteiger charge is -2.31. The van der Waals surface area contributed by atoms with Gasteiger partial charge in [-0.05, 0) is 40.9 Å². The molecular formula is C12H16BrClFN3O3S. The second-order valence-electron chi connectivity index (χ2n) is 4.96. The Morgan fingerprint density at radius 2 is 2.05 bits per heavy atom. The van der Waals surface area contributed by atoms with Crippen LogP contribution in [0.4, 0.5) is 4.39 Å². The van der Waals surface area contributed by atoms with E-state index >= 15 is 0 Å². The van der Waals surface area contributed by atoms with E-state index in [1.165, 1.54) is 4.90 Å². The van der Waals surface area contributed by atoms with Crippen LogP contribution in [0.1, 0.15) is 23.2 Å². The minimum Gasteiger partial charge on any atom is -0.337 e. The molecule has 6 nitrogen and oxygen atoms in total. The number of hydrogen-bond donors (Lipinski definition) is 2. The molecule has 4 N–H and O–H groups in total. The van der Waals surface area contributed by atoms with Gasteiger partial charge in [0.15, 0.2) is 0 Å². The van der Waals surface area contributed by atoms with E-state index in [0.29, 0.717) is 13.1 Å². The molecule has 1 fully saturated rings. The molecule has 1 aliphatic rings. The van der Waals surface area contributed by atoms with Crippen molar-refractivity contribution in [2.75, 3.05) is 13.1 Å². The Bertz CT molecular complexity index is 686. The van der Waals surface area contributed by atoms with E-state index in [0.717, 1.165) is 25.0 Å². The average Bonchev–Trinajstić information content (AvgIpc) is 2.39. The highest BCUT2D eigenvalue weighted by Gasteiger charge is 2.27. The van der Waals surface area contributed by atoms with Gasteiger partial charge < -0.3 is 10.6 Å². The van der Waals surface area contributed by atoms with Crippen LogP contribution in [0.3, 0.4) is 0 Å². The number of nitrogens with two attached hydrogens (primary N) is 2. The van der Waals surface area contributed by atoms with Gasteiger partial charge in [0.1, 0.15) is 5.82 Å². The Hall–Kier alpha value is -0.740. The summed E-state index contributed by atoms with van der Waals surface area (Å²) in [6.07, 6.45) is 1.57. The number of carbonyl (C=O) groups is 1. The minimum atomic E-state index is -4.14. The number of benzene rings is 1. The maximum Gasteiger partial charge on any atom is 0.255 e. The van der Waals surface area contributed by atoms with Crippen LogP contribution >= 0.6 is 28.3 Å². The molecular weight excluding hydrogens is 401 g/mol. The highest BCUT2D eigenvalue weighted by molar-refractivity contribution is 9.10. The van der Waals surface area contributed by atoms with Crippen LogP contribution in [0.25, 0.3) is 0 Å². The summed E-state index contributed by atoms with van der Waals surface area (Å²) in [5.41, 5.74) is 5.74. The smallest absolute Gasteiger partial charge is 0.255 e. The monoisotopic (exact) mass is 415 g/mol. The van der Waals surface area contributed by atoms with Crippen molar-refractivity contribution >= 4 is 44.3 Å². The molecule has 1 aliphatic heterocycles. The number of piperidine rings is 1. The number of halogens is 3. The molecule has 22 heavy (non-hydrogen) atoms. The molecule has 2 rings (SSSR count). The van der Waals surface area contributed by atoms with Gasteiger partial charge in [-0.2, -0.15) is 0 Å². The summed E-state index contributed by atoms with van der Waals surface area (Å²) in [5, 5.41) is 5.03. The van der Waals surface area contributed by atoms with E-state index in [-0.39, 0.29) is 28.5 Å². The Kier molecular flexibility index (Phi) is 6.34. The molecule has 1 aromatic carbocycles. The first-order chi connectivity index (χ1) is 9.70. The fourth-order valence-electron chi connectivity index (χ4n) is 2.29. The number of nitrogens with zero attached hydrogens (tertiary/aromatic N) is 1. The molecule has 1 unspecified atom stereocenters. The number of hydrogen-bond acceptors (Lipinski definition) is 4. The van der Waals surface area contributed by atoms with Crippen molar-refractivity contribution in [1.82, 2.24) is 4.90 Å². The molecule has 124 valence electrons.